The van der Waals surface area contributed by atoms with Crippen molar-refractivity contribution in [3.8, 4) is 5.75 Å². The highest BCUT2D eigenvalue weighted by atomic mass is 127. The van der Waals surface area contributed by atoms with Gasteiger partial charge in [0.1, 0.15) is 5.75 Å². The molecule has 98 valence electrons. The highest BCUT2D eigenvalue weighted by Gasteiger charge is 2.14. The molecule has 8 heteroatoms. The van der Waals surface area contributed by atoms with Crippen LogP contribution in [0, 0.1) is 3.57 Å². The molecule has 0 aliphatic carbocycles. The van der Waals surface area contributed by atoms with Gasteiger partial charge in [0, 0.05) is 12.5 Å². The first-order chi connectivity index (χ1) is 8.19. The lowest BCUT2D eigenvalue weighted by Crippen LogP contribution is -2.29. The molecule has 1 rings (SSSR count). The van der Waals surface area contributed by atoms with Crippen LogP contribution >= 0.6 is 22.6 Å². The van der Waals surface area contributed by atoms with Gasteiger partial charge in [-0.2, -0.15) is 0 Å². The molecule has 0 aliphatic heterocycles. The second-order valence-electron chi connectivity index (χ2n) is 3.44. The number of amides is 1. The van der Waals surface area contributed by atoms with Gasteiger partial charge >= 0.3 is 5.97 Å². The van der Waals surface area contributed by atoms with Gasteiger partial charge in [-0.15, -0.1) is 0 Å². The lowest BCUT2D eigenvalue weighted by molar-refractivity contribution is -0.131. The van der Waals surface area contributed by atoms with Gasteiger partial charge in [0.15, 0.2) is 0 Å². The molecule has 0 saturated heterocycles. The molecule has 1 aromatic rings. The zero-order chi connectivity index (χ0) is 13.9. The van der Waals surface area contributed by atoms with Gasteiger partial charge in [0.05, 0.1) is 9.83 Å². The van der Waals surface area contributed by atoms with E-state index in [-0.39, 0.29) is 11.3 Å². The summed E-state index contributed by atoms with van der Waals surface area (Å²) in [5.41, 5.74) is 0.0945. The summed E-state index contributed by atoms with van der Waals surface area (Å²) in [5, 5.41) is 0. The maximum absolute atomic E-state index is 11.6. The second kappa shape index (κ2) is 5.65. The number of benzene rings is 1. The Hall–Kier alpha value is -1.16. The van der Waals surface area contributed by atoms with E-state index in [4.69, 9.17) is 4.74 Å². The molecule has 0 unspecified atom stereocenters. The lowest BCUT2D eigenvalue weighted by Gasteiger charge is -2.07. The van der Waals surface area contributed by atoms with Gasteiger partial charge in [0.2, 0.25) is 10.0 Å². The number of ether oxygens (including phenoxy) is 1. The van der Waals surface area contributed by atoms with Gasteiger partial charge in [-0.05, 0) is 40.8 Å². The van der Waals surface area contributed by atoms with Gasteiger partial charge < -0.3 is 4.74 Å². The van der Waals surface area contributed by atoms with Crippen molar-refractivity contribution in [2.24, 2.45) is 0 Å². The Morgan fingerprint density at radius 3 is 2.44 bits per heavy atom. The van der Waals surface area contributed by atoms with Gasteiger partial charge in [-0.25, -0.2) is 13.1 Å². The molecule has 1 aromatic carbocycles. The SMILES string of the molecule is CC(=O)Oc1cc(C(=O)NS(C)(=O)=O)ccc1I. The molecule has 0 aliphatic rings. The predicted octanol–water partition coefficient (Wildman–Crippen LogP) is 0.906. The number of hydrogen-bond donors (Lipinski definition) is 1. The third-order valence-corrected chi connectivity index (χ3v) is 3.17. The molecule has 6 nitrogen and oxygen atoms in total. The van der Waals surface area contributed by atoms with Crippen molar-refractivity contribution in [2.75, 3.05) is 6.26 Å². The summed E-state index contributed by atoms with van der Waals surface area (Å²) in [6, 6.07) is 4.30. The second-order valence-corrected chi connectivity index (χ2v) is 6.35. The average molecular weight is 383 g/mol. The van der Waals surface area contributed by atoms with Crippen LogP contribution in [0.25, 0.3) is 0 Å². The van der Waals surface area contributed by atoms with Gasteiger partial charge in [0.25, 0.3) is 5.91 Å². The quantitative estimate of drug-likeness (QED) is 0.476. The highest BCUT2D eigenvalue weighted by molar-refractivity contribution is 14.1. The molecule has 0 atom stereocenters. The summed E-state index contributed by atoms with van der Waals surface area (Å²) in [6.45, 7) is 1.24. The topological polar surface area (TPSA) is 89.5 Å². The lowest BCUT2D eigenvalue weighted by atomic mass is 10.2. The molecular weight excluding hydrogens is 373 g/mol. The first-order valence-electron chi connectivity index (χ1n) is 4.69. The molecule has 0 spiro atoms. The van der Waals surface area contributed by atoms with Crippen LogP contribution in [-0.2, 0) is 14.8 Å². The number of carbonyl (C=O) groups is 2. The van der Waals surface area contributed by atoms with Crippen LogP contribution in [0.15, 0.2) is 18.2 Å². The molecule has 0 fully saturated rings. The van der Waals surface area contributed by atoms with E-state index in [1.165, 1.54) is 19.1 Å². The number of hydrogen-bond acceptors (Lipinski definition) is 5. The number of carbonyl (C=O) groups excluding carboxylic acids is 2. The molecule has 0 bridgehead atoms. The summed E-state index contributed by atoms with van der Waals surface area (Å²) in [4.78, 5) is 22.4. The molecular formula is C10H10INO5S. The minimum atomic E-state index is -3.63. The number of esters is 1. The van der Waals surface area contributed by atoms with Crippen LogP contribution in [0.1, 0.15) is 17.3 Å². The Balaban J connectivity index is 3.04. The Morgan fingerprint density at radius 1 is 1.33 bits per heavy atom. The van der Waals surface area contributed by atoms with Crippen molar-refractivity contribution in [1.82, 2.24) is 4.72 Å². The molecule has 18 heavy (non-hydrogen) atoms. The maximum atomic E-state index is 11.6. The fraction of sp³-hybridized carbons (Fsp3) is 0.200. The van der Waals surface area contributed by atoms with Gasteiger partial charge in [-0.1, -0.05) is 0 Å². The summed E-state index contributed by atoms with van der Waals surface area (Å²) in [6.07, 6.45) is 0.880. The van der Waals surface area contributed by atoms with Crippen molar-refractivity contribution in [3.05, 3.63) is 27.3 Å². The summed E-state index contributed by atoms with van der Waals surface area (Å²) < 4.78 is 29.2. The Morgan fingerprint density at radius 2 is 1.94 bits per heavy atom. The van der Waals surface area contributed by atoms with E-state index in [0.717, 1.165) is 6.26 Å². The molecule has 1 N–H and O–H groups in total. The van der Waals surface area contributed by atoms with E-state index in [0.29, 0.717) is 3.57 Å². The number of nitrogens with one attached hydrogen (secondary N) is 1. The summed E-state index contributed by atoms with van der Waals surface area (Å²) in [7, 11) is -3.63. The molecule has 0 aromatic heterocycles. The molecule has 0 radical (unpaired) electrons. The van der Waals surface area contributed by atoms with E-state index in [1.807, 2.05) is 27.3 Å². The minimum Gasteiger partial charge on any atom is -0.426 e. The molecule has 0 saturated carbocycles. The van der Waals surface area contributed by atoms with Crippen molar-refractivity contribution >= 4 is 44.5 Å². The Kier molecular flexibility index (Phi) is 4.68. The van der Waals surface area contributed by atoms with Crippen molar-refractivity contribution in [3.63, 3.8) is 0 Å². The average Bonchev–Trinajstić information content (AvgIpc) is 2.17. The van der Waals surface area contributed by atoms with E-state index in [9.17, 15) is 18.0 Å². The third-order valence-electron chi connectivity index (χ3n) is 1.73. The fourth-order valence-electron chi connectivity index (χ4n) is 1.10. The van der Waals surface area contributed by atoms with E-state index in [1.54, 1.807) is 6.07 Å². The highest BCUT2D eigenvalue weighted by Crippen LogP contribution is 2.22. The van der Waals surface area contributed by atoms with Gasteiger partial charge in [-0.3, -0.25) is 9.59 Å². The minimum absolute atomic E-state index is 0.0945. The van der Waals surface area contributed by atoms with Crippen molar-refractivity contribution in [2.45, 2.75) is 6.92 Å². The largest absolute Gasteiger partial charge is 0.426 e. The predicted molar refractivity (Wildman–Crippen MR) is 72.8 cm³/mol. The first kappa shape index (κ1) is 14.9. The smallest absolute Gasteiger partial charge is 0.308 e. The van der Waals surface area contributed by atoms with Crippen molar-refractivity contribution in [1.29, 1.82) is 0 Å². The van der Waals surface area contributed by atoms with Crippen LogP contribution in [0.2, 0.25) is 0 Å². The maximum Gasteiger partial charge on any atom is 0.308 e. The number of halogens is 1. The number of rotatable bonds is 3. The van der Waals surface area contributed by atoms with Crippen molar-refractivity contribution < 1.29 is 22.7 Å². The number of sulfonamides is 1. The van der Waals surface area contributed by atoms with Crippen LogP contribution in [0.3, 0.4) is 0 Å². The van der Waals surface area contributed by atoms with E-state index in [2.05, 4.69) is 0 Å². The fourth-order valence-corrected chi connectivity index (χ4v) is 2.01. The molecule has 1 amide bonds. The Bertz CT molecular complexity index is 596. The van der Waals surface area contributed by atoms with E-state index >= 15 is 0 Å². The zero-order valence-corrected chi connectivity index (χ0v) is 12.5. The monoisotopic (exact) mass is 383 g/mol. The normalized spacial score (nSPS) is 10.8. The van der Waals surface area contributed by atoms with Crippen LogP contribution in [0.4, 0.5) is 0 Å². The molecule has 0 heterocycles. The van der Waals surface area contributed by atoms with Crippen LogP contribution in [0.5, 0.6) is 5.75 Å². The zero-order valence-electron chi connectivity index (χ0n) is 9.56. The standard InChI is InChI=1S/C10H10INO5S/c1-6(13)17-9-5-7(3-4-8(9)11)10(14)12-18(2,15)16/h3-5H,1-2H3,(H,12,14). The summed E-state index contributed by atoms with van der Waals surface area (Å²) >= 11 is 1.93. The van der Waals surface area contributed by atoms with E-state index < -0.39 is 21.9 Å². The first-order valence-corrected chi connectivity index (χ1v) is 7.66. The third kappa shape index (κ3) is 4.61. The van der Waals surface area contributed by atoms with Crippen LogP contribution < -0.4 is 9.46 Å². The Labute approximate surface area is 118 Å². The van der Waals surface area contributed by atoms with Crippen LogP contribution in [-0.4, -0.2) is 26.6 Å². The summed E-state index contributed by atoms with van der Waals surface area (Å²) in [5.74, 6) is -1.08.